The van der Waals surface area contributed by atoms with Gasteiger partial charge in [0.25, 0.3) is 0 Å². The van der Waals surface area contributed by atoms with E-state index in [1.807, 2.05) is 6.08 Å². The molecule has 0 aromatic carbocycles. The average molecular weight is 118 g/mol. The van der Waals surface area contributed by atoms with Crippen molar-refractivity contribution in [2.45, 2.75) is 18.2 Å². The largest absolute Gasteiger partial charge is 0.123 e. The summed E-state index contributed by atoms with van der Waals surface area (Å²) in [7, 11) is 0. The summed E-state index contributed by atoms with van der Waals surface area (Å²) in [5, 5.41) is 0.192. The summed E-state index contributed by atoms with van der Waals surface area (Å²) in [4.78, 5) is 0. The van der Waals surface area contributed by atoms with Crippen molar-refractivity contribution in [3.05, 3.63) is 19.6 Å². The van der Waals surface area contributed by atoms with Gasteiger partial charge in [-0.05, 0) is 12.8 Å². The quantitative estimate of drug-likeness (QED) is 0.393. The summed E-state index contributed by atoms with van der Waals surface area (Å²) in [5.74, 6) is 0. The van der Waals surface area contributed by atoms with Gasteiger partial charge in [0.1, 0.15) is 0 Å². The highest BCUT2D eigenvalue weighted by Gasteiger charge is 1.93. The van der Waals surface area contributed by atoms with Crippen molar-refractivity contribution in [3.8, 4) is 0 Å². The van der Waals surface area contributed by atoms with Gasteiger partial charge in [0.05, 0.1) is 0 Å². The van der Waals surface area contributed by atoms with Crippen LogP contribution in [0.5, 0.6) is 0 Å². The molecule has 0 aromatic heterocycles. The first kappa shape index (κ1) is 7.03. The lowest BCUT2D eigenvalue weighted by molar-refractivity contribution is 0.878. The van der Waals surface area contributed by atoms with Gasteiger partial charge >= 0.3 is 0 Å². The minimum atomic E-state index is 0.192. The molecule has 0 aromatic rings. The molecule has 0 aliphatic rings. The van der Waals surface area contributed by atoms with E-state index >= 15 is 0 Å². The van der Waals surface area contributed by atoms with Crippen molar-refractivity contribution in [2.75, 3.05) is 0 Å². The molecule has 0 aliphatic carbocycles. The van der Waals surface area contributed by atoms with Gasteiger partial charge in [0.15, 0.2) is 0 Å². The van der Waals surface area contributed by atoms with Crippen molar-refractivity contribution in [1.29, 1.82) is 0 Å². The van der Waals surface area contributed by atoms with Gasteiger partial charge < -0.3 is 0 Å². The SMILES string of the molecule is [CH2]CC(Cl)CC=C. The highest BCUT2D eigenvalue weighted by Crippen LogP contribution is 2.04. The number of hydrogen-bond acceptors (Lipinski definition) is 0. The zero-order valence-corrected chi connectivity index (χ0v) is 5.12. The van der Waals surface area contributed by atoms with Gasteiger partial charge in [-0.1, -0.05) is 13.0 Å². The Balaban J connectivity index is 2.98. The Kier molecular flexibility index (Phi) is 4.21. The summed E-state index contributed by atoms with van der Waals surface area (Å²) in [6.07, 6.45) is 3.46. The summed E-state index contributed by atoms with van der Waals surface area (Å²) >= 11 is 5.63. The molecule has 0 saturated carbocycles. The van der Waals surface area contributed by atoms with Crippen LogP contribution in [0.3, 0.4) is 0 Å². The normalized spacial score (nSPS) is 13.4. The second-order valence-corrected chi connectivity index (χ2v) is 2.03. The lowest BCUT2D eigenvalue weighted by Crippen LogP contribution is -1.90. The summed E-state index contributed by atoms with van der Waals surface area (Å²) in [5.41, 5.74) is 0. The van der Waals surface area contributed by atoms with Crippen molar-refractivity contribution < 1.29 is 0 Å². The number of hydrogen-bond donors (Lipinski definition) is 0. The van der Waals surface area contributed by atoms with Gasteiger partial charge in [-0.25, -0.2) is 0 Å². The number of halogens is 1. The van der Waals surface area contributed by atoms with E-state index in [2.05, 4.69) is 13.5 Å². The second kappa shape index (κ2) is 4.20. The molecule has 1 atom stereocenters. The molecule has 0 fully saturated rings. The number of alkyl halides is 1. The lowest BCUT2D eigenvalue weighted by Gasteiger charge is -1.97. The van der Waals surface area contributed by atoms with E-state index in [4.69, 9.17) is 11.6 Å². The topological polar surface area (TPSA) is 0 Å². The molecule has 0 heterocycles. The van der Waals surface area contributed by atoms with Crippen LogP contribution in [0, 0.1) is 6.92 Å². The molecule has 0 N–H and O–H groups in total. The van der Waals surface area contributed by atoms with Crippen LogP contribution in [0.25, 0.3) is 0 Å². The predicted molar refractivity (Wildman–Crippen MR) is 34.4 cm³/mol. The van der Waals surface area contributed by atoms with Gasteiger partial charge in [0, 0.05) is 5.38 Å². The minimum Gasteiger partial charge on any atom is -0.123 e. The zero-order chi connectivity index (χ0) is 5.70. The Labute approximate surface area is 50.2 Å². The maximum Gasteiger partial charge on any atom is 0.0370 e. The Bertz CT molecular complexity index is 50.1. The van der Waals surface area contributed by atoms with E-state index in [0.29, 0.717) is 0 Å². The van der Waals surface area contributed by atoms with Crippen LogP contribution in [0.4, 0.5) is 0 Å². The molecule has 0 nitrogen and oxygen atoms in total. The van der Waals surface area contributed by atoms with E-state index < -0.39 is 0 Å². The van der Waals surface area contributed by atoms with Crippen molar-refractivity contribution in [3.63, 3.8) is 0 Å². The van der Waals surface area contributed by atoms with Gasteiger partial charge in [-0.15, -0.1) is 18.2 Å². The van der Waals surface area contributed by atoms with Crippen molar-refractivity contribution >= 4 is 11.6 Å². The second-order valence-electron chi connectivity index (χ2n) is 1.41. The fourth-order valence-electron chi connectivity index (χ4n) is 0.299. The van der Waals surface area contributed by atoms with Crippen LogP contribution in [-0.2, 0) is 0 Å². The Morgan fingerprint density at radius 1 is 1.71 bits per heavy atom. The Morgan fingerprint density at radius 3 is 2.43 bits per heavy atom. The fourth-order valence-corrected chi connectivity index (χ4v) is 0.425. The Morgan fingerprint density at radius 2 is 2.29 bits per heavy atom. The first-order valence-electron chi connectivity index (χ1n) is 2.35. The lowest BCUT2D eigenvalue weighted by atomic mass is 10.2. The zero-order valence-electron chi connectivity index (χ0n) is 4.36. The van der Waals surface area contributed by atoms with E-state index in [-0.39, 0.29) is 5.38 Å². The third-order valence-electron chi connectivity index (χ3n) is 0.736. The summed E-state index contributed by atoms with van der Waals surface area (Å²) in [6.45, 7) is 7.16. The van der Waals surface area contributed by atoms with Gasteiger partial charge in [-0.2, -0.15) is 0 Å². The molecule has 41 valence electrons. The fraction of sp³-hybridized carbons (Fsp3) is 0.500. The van der Waals surface area contributed by atoms with Crippen LogP contribution in [0.15, 0.2) is 12.7 Å². The predicted octanol–water partition coefficient (Wildman–Crippen LogP) is 2.39. The molecule has 1 unspecified atom stereocenters. The highest BCUT2D eigenvalue weighted by atomic mass is 35.5. The molecular weight excluding hydrogens is 108 g/mol. The maximum absolute atomic E-state index is 5.63. The highest BCUT2D eigenvalue weighted by molar-refractivity contribution is 6.20. The average Bonchev–Trinajstić information content (AvgIpc) is 1.68. The first-order valence-corrected chi connectivity index (χ1v) is 2.79. The minimum absolute atomic E-state index is 0.192. The number of rotatable bonds is 3. The molecule has 0 rings (SSSR count). The van der Waals surface area contributed by atoms with Crippen LogP contribution >= 0.6 is 11.6 Å². The molecule has 0 saturated heterocycles. The molecule has 1 radical (unpaired) electrons. The smallest absolute Gasteiger partial charge is 0.0370 e. The molecule has 1 heteroatoms. The van der Waals surface area contributed by atoms with Crippen LogP contribution in [0.2, 0.25) is 0 Å². The van der Waals surface area contributed by atoms with E-state index in [0.717, 1.165) is 12.8 Å². The standard InChI is InChI=1S/C6H10Cl/c1-3-5-6(7)4-2/h3,6H,1-2,4-5H2. The summed E-state index contributed by atoms with van der Waals surface area (Å²) < 4.78 is 0. The number of allylic oxidation sites excluding steroid dienone is 1. The molecule has 0 amide bonds. The molecule has 0 spiro atoms. The van der Waals surface area contributed by atoms with E-state index in [1.165, 1.54) is 0 Å². The van der Waals surface area contributed by atoms with Crippen LogP contribution in [0.1, 0.15) is 12.8 Å². The third-order valence-corrected chi connectivity index (χ3v) is 1.13. The molecule has 7 heavy (non-hydrogen) atoms. The van der Waals surface area contributed by atoms with Crippen LogP contribution < -0.4 is 0 Å². The molecule has 0 aliphatic heterocycles. The maximum atomic E-state index is 5.63. The summed E-state index contributed by atoms with van der Waals surface area (Å²) in [6, 6.07) is 0. The van der Waals surface area contributed by atoms with E-state index in [9.17, 15) is 0 Å². The van der Waals surface area contributed by atoms with Gasteiger partial charge in [-0.3, -0.25) is 0 Å². The van der Waals surface area contributed by atoms with E-state index in [1.54, 1.807) is 0 Å². The van der Waals surface area contributed by atoms with Crippen molar-refractivity contribution in [1.82, 2.24) is 0 Å². The molecule has 0 bridgehead atoms. The van der Waals surface area contributed by atoms with Crippen LogP contribution in [-0.4, -0.2) is 5.38 Å². The Hall–Kier alpha value is 0.0300. The molecular formula is C6H10Cl. The van der Waals surface area contributed by atoms with Crippen molar-refractivity contribution in [2.24, 2.45) is 0 Å². The first-order chi connectivity index (χ1) is 3.31. The monoisotopic (exact) mass is 117 g/mol. The van der Waals surface area contributed by atoms with Gasteiger partial charge in [0.2, 0.25) is 0 Å². The third kappa shape index (κ3) is 3.87.